The van der Waals surface area contributed by atoms with Gasteiger partial charge in [0.05, 0.1) is 13.7 Å². The highest BCUT2D eigenvalue weighted by Gasteiger charge is 2.42. The third-order valence-electron chi connectivity index (χ3n) is 3.17. The van der Waals surface area contributed by atoms with Crippen molar-refractivity contribution in [2.24, 2.45) is 5.92 Å². The summed E-state index contributed by atoms with van der Waals surface area (Å²) in [6.07, 6.45) is 3.63. The molecule has 104 valence electrons. The second-order valence-electron chi connectivity index (χ2n) is 5.25. The van der Waals surface area contributed by atoms with Gasteiger partial charge in [0.15, 0.2) is 0 Å². The zero-order valence-electron chi connectivity index (χ0n) is 11.5. The minimum absolute atomic E-state index is 0.274. The molecule has 0 heterocycles. The number of esters is 1. The molecular weight excluding hydrogens is 234 g/mol. The minimum atomic E-state index is -0.888. The molecule has 1 rings (SSSR count). The summed E-state index contributed by atoms with van der Waals surface area (Å²) in [5.41, 5.74) is -0.888. The van der Waals surface area contributed by atoms with Crippen LogP contribution in [0.1, 0.15) is 46.0 Å². The quantitative estimate of drug-likeness (QED) is 0.784. The Morgan fingerprint density at radius 3 is 2.33 bits per heavy atom. The third kappa shape index (κ3) is 3.89. The van der Waals surface area contributed by atoms with Gasteiger partial charge in [-0.1, -0.05) is 33.1 Å². The fourth-order valence-corrected chi connectivity index (χ4v) is 2.20. The fraction of sp³-hybridized carbons (Fsp3) is 0.846. The molecule has 1 fully saturated rings. The van der Waals surface area contributed by atoms with E-state index >= 15 is 0 Å². The van der Waals surface area contributed by atoms with Gasteiger partial charge < -0.3 is 14.8 Å². The van der Waals surface area contributed by atoms with Crippen molar-refractivity contribution in [3.8, 4) is 0 Å². The average Bonchev–Trinajstić information content (AvgIpc) is 2.36. The summed E-state index contributed by atoms with van der Waals surface area (Å²) < 4.78 is 9.88. The van der Waals surface area contributed by atoms with Gasteiger partial charge in [-0.05, 0) is 18.8 Å². The van der Waals surface area contributed by atoms with Gasteiger partial charge >= 0.3 is 12.1 Å². The number of amides is 1. The van der Waals surface area contributed by atoms with Gasteiger partial charge in [-0.15, -0.1) is 0 Å². The third-order valence-corrected chi connectivity index (χ3v) is 3.17. The van der Waals surface area contributed by atoms with Crippen LogP contribution < -0.4 is 5.32 Å². The second-order valence-corrected chi connectivity index (χ2v) is 5.25. The predicted molar refractivity (Wildman–Crippen MR) is 67.2 cm³/mol. The molecule has 1 amide bonds. The van der Waals surface area contributed by atoms with E-state index in [4.69, 9.17) is 9.47 Å². The number of nitrogens with one attached hydrogen (secondary N) is 1. The molecule has 0 spiro atoms. The molecule has 1 saturated carbocycles. The first-order valence-electron chi connectivity index (χ1n) is 6.53. The van der Waals surface area contributed by atoms with E-state index in [1.54, 1.807) is 0 Å². The highest BCUT2D eigenvalue weighted by molar-refractivity contribution is 5.85. The van der Waals surface area contributed by atoms with Crippen molar-refractivity contribution in [2.75, 3.05) is 13.7 Å². The molecule has 5 nitrogen and oxygen atoms in total. The van der Waals surface area contributed by atoms with E-state index < -0.39 is 11.6 Å². The Balaban J connectivity index is 2.61. The van der Waals surface area contributed by atoms with Gasteiger partial charge in [0.1, 0.15) is 5.54 Å². The van der Waals surface area contributed by atoms with E-state index in [0.29, 0.717) is 19.4 Å². The van der Waals surface area contributed by atoms with E-state index in [1.807, 2.05) is 13.8 Å². The van der Waals surface area contributed by atoms with Crippen molar-refractivity contribution in [3.05, 3.63) is 0 Å². The standard InChI is InChI=1S/C13H23NO4/c1-10(2)9-18-12(16)14-13(11(15)17-3)7-5-4-6-8-13/h10H,4-9H2,1-3H3,(H,14,16). The first-order valence-corrected chi connectivity index (χ1v) is 6.53. The summed E-state index contributed by atoms with van der Waals surface area (Å²) in [6.45, 7) is 4.27. The number of hydrogen-bond acceptors (Lipinski definition) is 4. The Hall–Kier alpha value is -1.26. The topological polar surface area (TPSA) is 64.6 Å². The normalized spacial score (nSPS) is 18.2. The molecule has 0 unspecified atom stereocenters. The molecule has 1 N–H and O–H groups in total. The van der Waals surface area contributed by atoms with Gasteiger partial charge in [-0.3, -0.25) is 0 Å². The number of rotatable bonds is 4. The van der Waals surface area contributed by atoms with Crippen LogP contribution in [-0.4, -0.2) is 31.3 Å². The van der Waals surface area contributed by atoms with Crippen LogP contribution in [0.15, 0.2) is 0 Å². The molecule has 0 saturated heterocycles. The Labute approximate surface area is 108 Å². The van der Waals surface area contributed by atoms with E-state index in [0.717, 1.165) is 19.3 Å². The Kier molecular flexibility index (Phi) is 5.44. The lowest BCUT2D eigenvalue weighted by Gasteiger charge is -2.34. The van der Waals surface area contributed by atoms with Crippen molar-refractivity contribution in [1.82, 2.24) is 5.32 Å². The lowest BCUT2D eigenvalue weighted by Crippen LogP contribution is -2.56. The number of carbonyl (C=O) groups is 2. The van der Waals surface area contributed by atoms with E-state index in [-0.39, 0.29) is 11.9 Å². The lowest BCUT2D eigenvalue weighted by molar-refractivity contribution is -0.149. The van der Waals surface area contributed by atoms with Crippen molar-refractivity contribution in [2.45, 2.75) is 51.5 Å². The van der Waals surface area contributed by atoms with E-state index in [9.17, 15) is 9.59 Å². The highest BCUT2D eigenvalue weighted by Crippen LogP contribution is 2.29. The first kappa shape index (κ1) is 14.8. The average molecular weight is 257 g/mol. The zero-order valence-corrected chi connectivity index (χ0v) is 11.5. The van der Waals surface area contributed by atoms with Gasteiger partial charge in [0, 0.05) is 0 Å². The molecule has 5 heteroatoms. The van der Waals surface area contributed by atoms with Crippen LogP contribution in [0.2, 0.25) is 0 Å². The molecule has 1 aliphatic carbocycles. The fourth-order valence-electron chi connectivity index (χ4n) is 2.20. The van der Waals surface area contributed by atoms with Gasteiger partial charge in [-0.2, -0.15) is 0 Å². The number of hydrogen-bond donors (Lipinski definition) is 1. The van der Waals surface area contributed by atoms with Crippen LogP contribution in [-0.2, 0) is 14.3 Å². The summed E-state index contributed by atoms with van der Waals surface area (Å²) in [7, 11) is 1.35. The summed E-state index contributed by atoms with van der Waals surface area (Å²) in [6, 6.07) is 0. The molecule has 0 aromatic carbocycles. The summed E-state index contributed by atoms with van der Waals surface area (Å²) in [5, 5.41) is 2.70. The SMILES string of the molecule is COC(=O)C1(NC(=O)OCC(C)C)CCCCC1. The molecule has 0 aliphatic heterocycles. The maximum atomic E-state index is 11.9. The minimum Gasteiger partial charge on any atom is -0.467 e. The van der Waals surface area contributed by atoms with Crippen molar-refractivity contribution < 1.29 is 19.1 Å². The molecule has 0 radical (unpaired) electrons. The van der Waals surface area contributed by atoms with E-state index in [1.165, 1.54) is 7.11 Å². The van der Waals surface area contributed by atoms with Crippen LogP contribution >= 0.6 is 0 Å². The smallest absolute Gasteiger partial charge is 0.408 e. The van der Waals surface area contributed by atoms with Crippen LogP contribution in [0, 0.1) is 5.92 Å². The molecule has 1 aliphatic rings. The van der Waals surface area contributed by atoms with Crippen molar-refractivity contribution in [3.63, 3.8) is 0 Å². The Morgan fingerprint density at radius 2 is 1.83 bits per heavy atom. The van der Waals surface area contributed by atoms with Crippen molar-refractivity contribution in [1.29, 1.82) is 0 Å². The van der Waals surface area contributed by atoms with Gasteiger partial charge in [0.2, 0.25) is 0 Å². The number of alkyl carbamates (subject to hydrolysis) is 1. The zero-order chi connectivity index (χ0) is 13.6. The lowest BCUT2D eigenvalue weighted by atomic mass is 9.82. The van der Waals surface area contributed by atoms with Crippen molar-refractivity contribution >= 4 is 12.1 Å². The maximum Gasteiger partial charge on any atom is 0.408 e. The van der Waals surface area contributed by atoms with Crippen LogP contribution in [0.25, 0.3) is 0 Å². The predicted octanol–water partition coefficient (Wildman–Crippen LogP) is 2.24. The number of carbonyl (C=O) groups excluding carboxylic acids is 2. The van der Waals surface area contributed by atoms with Crippen LogP contribution in [0.3, 0.4) is 0 Å². The highest BCUT2D eigenvalue weighted by atomic mass is 16.6. The summed E-state index contributed by atoms with van der Waals surface area (Å²) in [4.78, 5) is 23.6. The monoisotopic (exact) mass is 257 g/mol. The first-order chi connectivity index (χ1) is 8.50. The number of methoxy groups -OCH3 is 1. The largest absolute Gasteiger partial charge is 0.467 e. The molecule has 18 heavy (non-hydrogen) atoms. The second kappa shape index (κ2) is 6.61. The summed E-state index contributed by atoms with van der Waals surface area (Å²) >= 11 is 0. The van der Waals surface area contributed by atoms with Crippen LogP contribution in [0.4, 0.5) is 4.79 Å². The molecule has 0 bridgehead atoms. The number of ether oxygens (including phenoxy) is 2. The van der Waals surface area contributed by atoms with Crippen LogP contribution in [0.5, 0.6) is 0 Å². The Bertz CT molecular complexity index is 295. The van der Waals surface area contributed by atoms with E-state index in [2.05, 4.69) is 5.32 Å². The molecular formula is C13H23NO4. The maximum absolute atomic E-state index is 11.9. The molecule has 0 aromatic rings. The summed E-state index contributed by atoms with van der Waals surface area (Å²) in [5.74, 6) is -0.0973. The molecule has 0 atom stereocenters. The van der Waals surface area contributed by atoms with Gasteiger partial charge in [0.25, 0.3) is 0 Å². The molecule has 0 aromatic heterocycles. The Morgan fingerprint density at radius 1 is 1.22 bits per heavy atom. The van der Waals surface area contributed by atoms with Gasteiger partial charge in [-0.25, -0.2) is 9.59 Å².